The van der Waals surface area contributed by atoms with Crippen LogP contribution in [0.5, 0.6) is 0 Å². The zero-order valence-corrected chi connectivity index (χ0v) is 12.8. The largest absolute Gasteiger partial charge is 0.358 e. The molecule has 0 aliphatic carbocycles. The summed E-state index contributed by atoms with van der Waals surface area (Å²) in [5.74, 6) is 1.13. The quantitative estimate of drug-likeness (QED) is 0.833. The van der Waals surface area contributed by atoms with Crippen molar-refractivity contribution in [3.63, 3.8) is 0 Å². The van der Waals surface area contributed by atoms with Gasteiger partial charge in [0, 0.05) is 18.0 Å². The van der Waals surface area contributed by atoms with Crippen molar-refractivity contribution < 1.29 is 4.79 Å². The van der Waals surface area contributed by atoms with E-state index >= 15 is 0 Å². The predicted octanol–water partition coefficient (Wildman–Crippen LogP) is 2.41. The van der Waals surface area contributed by atoms with E-state index < -0.39 is 6.04 Å². The molecule has 6 heteroatoms. The topological polar surface area (TPSA) is 66.9 Å². The first-order chi connectivity index (χ1) is 8.71. The van der Waals surface area contributed by atoms with Gasteiger partial charge in [-0.05, 0) is 27.7 Å². The van der Waals surface area contributed by atoms with E-state index in [1.165, 1.54) is 0 Å². The van der Waals surface area contributed by atoms with Crippen LogP contribution in [0.15, 0.2) is 6.07 Å². The minimum Gasteiger partial charge on any atom is -0.358 e. The molecule has 106 valence electrons. The van der Waals surface area contributed by atoms with Crippen molar-refractivity contribution in [1.29, 1.82) is 0 Å². The van der Waals surface area contributed by atoms with E-state index in [2.05, 4.69) is 20.6 Å². The third-order valence-corrected chi connectivity index (χ3v) is 2.51. The van der Waals surface area contributed by atoms with Gasteiger partial charge >= 0.3 is 0 Å². The molecule has 0 spiro atoms. The summed E-state index contributed by atoms with van der Waals surface area (Å²) in [6, 6.07) is 1.22. The highest BCUT2D eigenvalue weighted by Crippen LogP contribution is 2.13. The van der Waals surface area contributed by atoms with Crippen molar-refractivity contribution in [2.75, 3.05) is 5.32 Å². The molecule has 1 heterocycles. The normalized spacial score (nSPS) is 12.9. The molecule has 2 N–H and O–H groups in total. The Kier molecular flexibility index (Phi) is 5.11. The Labute approximate surface area is 119 Å². The molecule has 0 bridgehead atoms. The van der Waals surface area contributed by atoms with Crippen LogP contribution < -0.4 is 10.6 Å². The summed E-state index contributed by atoms with van der Waals surface area (Å²) in [7, 11) is 0. The maximum Gasteiger partial charge on any atom is 0.242 e. The molecule has 0 fully saturated rings. The van der Waals surface area contributed by atoms with Crippen molar-refractivity contribution >= 4 is 23.3 Å². The fourth-order valence-electron chi connectivity index (χ4n) is 1.46. The Bertz CT molecular complexity index is 456. The maximum absolute atomic E-state index is 12.0. The number of anilines is 1. The van der Waals surface area contributed by atoms with Crippen molar-refractivity contribution in [2.24, 2.45) is 0 Å². The van der Waals surface area contributed by atoms with Gasteiger partial charge in [0.2, 0.25) is 5.91 Å². The molecule has 0 saturated carbocycles. The van der Waals surface area contributed by atoms with Crippen LogP contribution >= 0.6 is 11.6 Å². The van der Waals surface area contributed by atoms with Crippen molar-refractivity contribution in [3.8, 4) is 0 Å². The van der Waals surface area contributed by atoms with Crippen LogP contribution in [0.3, 0.4) is 0 Å². The van der Waals surface area contributed by atoms with Gasteiger partial charge in [0.1, 0.15) is 22.8 Å². The second-order valence-corrected chi connectivity index (χ2v) is 5.84. The maximum atomic E-state index is 12.0. The van der Waals surface area contributed by atoms with Gasteiger partial charge in [0.05, 0.1) is 0 Å². The molecule has 19 heavy (non-hydrogen) atoms. The van der Waals surface area contributed by atoms with Gasteiger partial charge in [0.15, 0.2) is 0 Å². The molecular weight excluding hydrogens is 264 g/mol. The Hall–Kier alpha value is -1.36. The van der Waals surface area contributed by atoms with E-state index in [1.54, 1.807) is 13.0 Å². The third kappa shape index (κ3) is 5.42. The SMILES string of the molecule is CCc1nc(Cl)cc(NC(C)C(=O)NC(C)(C)C)n1. The molecule has 1 aromatic rings. The van der Waals surface area contributed by atoms with Crippen LogP contribution in [0, 0.1) is 0 Å². The average molecular weight is 285 g/mol. The number of aromatic nitrogens is 2. The Morgan fingerprint density at radius 2 is 2.05 bits per heavy atom. The number of carbonyl (C=O) groups excluding carboxylic acids is 1. The van der Waals surface area contributed by atoms with Crippen molar-refractivity contribution in [1.82, 2.24) is 15.3 Å². The number of nitrogens with one attached hydrogen (secondary N) is 2. The van der Waals surface area contributed by atoms with E-state index in [0.29, 0.717) is 23.2 Å². The molecule has 0 radical (unpaired) electrons. The number of nitrogens with zero attached hydrogens (tertiary/aromatic N) is 2. The minimum atomic E-state index is -0.394. The van der Waals surface area contributed by atoms with Gasteiger partial charge in [-0.1, -0.05) is 18.5 Å². The molecule has 0 aliphatic heterocycles. The van der Waals surface area contributed by atoms with Crippen LogP contribution in [0.4, 0.5) is 5.82 Å². The van der Waals surface area contributed by atoms with E-state index in [-0.39, 0.29) is 11.4 Å². The van der Waals surface area contributed by atoms with Gasteiger partial charge < -0.3 is 10.6 Å². The fourth-order valence-corrected chi connectivity index (χ4v) is 1.66. The predicted molar refractivity (Wildman–Crippen MR) is 77.4 cm³/mol. The first kappa shape index (κ1) is 15.7. The highest BCUT2D eigenvalue weighted by atomic mass is 35.5. The molecular formula is C13H21ClN4O. The smallest absolute Gasteiger partial charge is 0.242 e. The summed E-state index contributed by atoms with van der Waals surface area (Å²) in [4.78, 5) is 20.3. The second kappa shape index (κ2) is 6.19. The van der Waals surface area contributed by atoms with E-state index in [1.807, 2.05) is 27.7 Å². The molecule has 1 aromatic heterocycles. The average Bonchev–Trinajstić information content (AvgIpc) is 2.25. The highest BCUT2D eigenvalue weighted by molar-refractivity contribution is 6.29. The monoisotopic (exact) mass is 284 g/mol. The lowest BCUT2D eigenvalue weighted by molar-refractivity contribution is -0.122. The Morgan fingerprint density at radius 3 is 2.58 bits per heavy atom. The number of hydrogen-bond acceptors (Lipinski definition) is 4. The summed E-state index contributed by atoms with van der Waals surface area (Å²) in [5.41, 5.74) is -0.259. The Morgan fingerprint density at radius 1 is 1.42 bits per heavy atom. The van der Waals surface area contributed by atoms with Crippen molar-refractivity contribution in [3.05, 3.63) is 17.0 Å². The van der Waals surface area contributed by atoms with Crippen LogP contribution in [0.2, 0.25) is 5.15 Å². The standard InChI is InChI=1S/C13H21ClN4O/c1-6-10-16-9(14)7-11(17-10)15-8(2)12(19)18-13(3,4)5/h7-8H,6H2,1-5H3,(H,18,19)(H,15,16,17). The number of hydrogen-bond donors (Lipinski definition) is 2. The first-order valence-corrected chi connectivity index (χ1v) is 6.71. The fraction of sp³-hybridized carbons (Fsp3) is 0.615. The third-order valence-electron chi connectivity index (χ3n) is 2.31. The molecule has 0 aliphatic rings. The van der Waals surface area contributed by atoms with Crippen molar-refractivity contribution in [2.45, 2.75) is 52.6 Å². The molecule has 1 rings (SSSR count). The number of carbonyl (C=O) groups is 1. The lowest BCUT2D eigenvalue weighted by Crippen LogP contribution is -2.47. The Balaban J connectivity index is 2.74. The zero-order valence-electron chi connectivity index (χ0n) is 12.0. The van der Waals surface area contributed by atoms with Gasteiger partial charge in [-0.15, -0.1) is 0 Å². The first-order valence-electron chi connectivity index (χ1n) is 6.33. The summed E-state index contributed by atoms with van der Waals surface area (Å²) < 4.78 is 0. The van der Waals surface area contributed by atoms with Gasteiger partial charge in [0.25, 0.3) is 0 Å². The van der Waals surface area contributed by atoms with Gasteiger partial charge in [-0.2, -0.15) is 0 Å². The molecule has 5 nitrogen and oxygen atoms in total. The van der Waals surface area contributed by atoms with Crippen LogP contribution in [0.25, 0.3) is 0 Å². The molecule has 0 aromatic carbocycles. The van der Waals surface area contributed by atoms with Gasteiger partial charge in [-0.25, -0.2) is 9.97 Å². The molecule has 1 unspecified atom stereocenters. The number of amides is 1. The second-order valence-electron chi connectivity index (χ2n) is 5.45. The number of aryl methyl sites for hydroxylation is 1. The summed E-state index contributed by atoms with van der Waals surface area (Å²) in [5, 5.41) is 6.31. The highest BCUT2D eigenvalue weighted by Gasteiger charge is 2.19. The molecule has 0 saturated heterocycles. The molecule has 1 amide bonds. The van der Waals surface area contributed by atoms with Crippen LogP contribution in [-0.4, -0.2) is 27.5 Å². The minimum absolute atomic E-state index is 0.0831. The van der Waals surface area contributed by atoms with Gasteiger partial charge in [-0.3, -0.25) is 4.79 Å². The summed E-state index contributed by atoms with van der Waals surface area (Å²) in [6.07, 6.45) is 0.692. The van der Waals surface area contributed by atoms with E-state index in [0.717, 1.165) is 0 Å². The van der Waals surface area contributed by atoms with Crippen LogP contribution in [-0.2, 0) is 11.2 Å². The molecule has 1 atom stereocenters. The van der Waals surface area contributed by atoms with E-state index in [4.69, 9.17) is 11.6 Å². The number of rotatable bonds is 4. The van der Waals surface area contributed by atoms with Crippen LogP contribution in [0.1, 0.15) is 40.4 Å². The lowest BCUT2D eigenvalue weighted by atomic mass is 10.1. The summed E-state index contributed by atoms with van der Waals surface area (Å²) >= 11 is 5.91. The summed E-state index contributed by atoms with van der Waals surface area (Å²) in [6.45, 7) is 9.55. The lowest BCUT2D eigenvalue weighted by Gasteiger charge is -2.24. The number of halogens is 1. The van der Waals surface area contributed by atoms with E-state index in [9.17, 15) is 4.79 Å². The zero-order chi connectivity index (χ0) is 14.6.